The van der Waals surface area contributed by atoms with E-state index in [2.05, 4.69) is 5.32 Å². The summed E-state index contributed by atoms with van der Waals surface area (Å²) in [6, 6.07) is 4.64. The van der Waals surface area contributed by atoms with Crippen molar-refractivity contribution in [1.29, 1.82) is 0 Å². The highest BCUT2D eigenvalue weighted by atomic mass is 35.5. The van der Waals surface area contributed by atoms with E-state index >= 15 is 0 Å². The Hall–Kier alpha value is -1.66. The summed E-state index contributed by atoms with van der Waals surface area (Å²) in [6.45, 7) is 1.22. The molecule has 8 heteroatoms. The Morgan fingerprint density at radius 3 is 2.67 bits per heavy atom. The van der Waals surface area contributed by atoms with Crippen molar-refractivity contribution >= 4 is 35.3 Å². The molecule has 0 aromatic heterocycles. The Bertz CT molecular complexity index is 509. The third-order valence-electron chi connectivity index (χ3n) is 2.23. The Morgan fingerprint density at radius 2 is 2.05 bits per heavy atom. The van der Waals surface area contributed by atoms with Crippen molar-refractivity contribution in [3.8, 4) is 5.75 Å². The number of esters is 1. The van der Waals surface area contributed by atoms with E-state index in [-0.39, 0.29) is 13.2 Å². The van der Waals surface area contributed by atoms with Crippen LogP contribution in [0, 0.1) is 0 Å². The average molecular weight is 336 g/mol. The largest absolute Gasteiger partial charge is 0.480 e. The first-order valence-corrected chi connectivity index (χ1v) is 6.79. The molecular weight excluding hydrogens is 321 g/mol. The number of alkyl carbamates (subject to hydrolysis) is 1. The third-order valence-corrected chi connectivity index (χ3v) is 2.76. The number of benzene rings is 1. The molecular formula is C13H15Cl2NO5. The molecule has 0 saturated carbocycles. The van der Waals surface area contributed by atoms with Gasteiger partial charge < -0.3 is 19.5 Å². The van der Waals surface area contributed by atoms with E-state index in [0.717, 1.165) is 0 Å². The number of hydrogen-bond acceptors (Lipinski definition) is 5. The fraction of sp³-hybridized carbons (Fsp3) is 0.385. The van der Waals surface area contributed by atoms with Gasteiger partial charge in [-0.25, -0.2) is 9.59 Å². The molecule has 0 spiro atoms. The molecule has 1 N–H and O–H groups in total. The third kappa shape index (κ3) is 6.55. The Kier molecular flexibility index (Phi) is 7.11. The molecule has 0 fully saturated rings. The van der Waals surface area contributed by atoms with Gasteiger partial charge in [-0.3, -0.25) is 0 Å². The summed E-state index contributed by atoms with van der Waals surface area (Å²) in [5.74, 6) is -0.277. The van der Waals surface area contributed by atoms with E-state index in [1.165, 1.54) is 13.1 Å². The van der Waals surface area contributed by atoms with Crippen molar-refractivity contribution in [2.45, 2.75) is 13.0 Å². The van der Waals surface area contributed by atoms with Gasteiger partial charge in [0, 0.05) is 12.1 Å². The second-order valence-corrected chi connectivity index (χ2v) is 4.86. The van der Waals surface area contributed by atoms with E-state index < -0.39 is 18.2 Å². The van der Waals surface area contributed by atoms with Crippen LogP contribution in [0.2, 0.25) is 10.0 Å². The summed E-state index contributed by atoms with van der Waals surface area (Å²) in [5.41, 5.74) is 0. The molecule has 0 aliphatic heterocycles. The minimum absolute atomic E-state index is 0.0655. The molecule has 1 aromatic rings. The summed E-state index contributed by atoms with van der Waals surface area (Å²) in [7, 11) is 1.44. The number of amides is 1. The van der Waals surface area contributed by atoms with Crippen molar-refractivity contribution in [1.82, 2.24) is 5.32 Å². The quantitative estimate of drug-likeness (QED) is 0.809. The lowest BCUT2D eigenvalue weighted by Gasteiger charge is -2.13. The zero-order valence-corrected chi connectivity index (χ0v) is 13.0. The molecule has 0 radical (unpaired) electrons. The topological polar surface area (TPSA) is 73.9 Å². The minimum atomic E-state index is -0.603. The first-order valence-electron chi connectivity index (χ1n) is 6.04. The molecule has 0 aliphatic carbocycles. The van der Waals surface area contributed by atoms with Gasteiger partial charge in [0.25, 0.3) is 0 Å². The van der Waals surface area contributed by atoms with Crippen molar-refractivity contribution in [3.05, 3.63) is 28.2 Å². The standard InChI is InChI=1S/C13H15Cl2NO5/c1-8(21-13(18)16-2)6-20-12(17)7-19-11-4-3-9(14)5-10(11)15/h3-5,8H,6-7H2,1-2H3,(H,16,18). The van der Waals surface area contributed by atoms with Crippen molar-refractivity contribution in [2.24, 2.45) is 0 Å². The van der Waals surface area contributed by atoms with Crippen molar-refractivity contribution in [2.75, 3.05) is 20.3 Å². The first kappa shape index (κ1) is 17.4. The number of nitrogens with one attached hydrogen (secondary N) is 1. The Balaban J connectivity index is 2.32. The molecule has 116 valence electrons. The number of halogens is 2. The molecule has 0 aliphatic rings. The van der Waals surface area contributed by atoms with Crippen LogP contribution in [0.15, 0.2) is 18.2 Å². The highest BCUT2D eigenvalue weighted by molar-refractivity contribution is 6.35. The summed E-state index contributed by atoms with van der Waals surface area (Å²) >= 11 is 11.6. The van der Waals surface area contributed by atoms with Crippen LogP contribution in [0.1, 0.15) is 6.92 Å². The molecule has 0 saturated heterocycles. The first-order chi connectivity index (χ1) is 9.92. The molecule has 1 unspecified atom stereocenters. The van der Waals surface area contributed by atoms with Gasteiger partial charge in [-0.05, 0) is 25.1 Å². The van der Waals surface area contributed by atoms with Gasteiger partial charge in [-0.1, -0.05) is 23.2 Å². The van der Waals surface area contributed by atoms with Crippen LogP contribution in [0.3, 0.4) is 0 Å². The average Bonchev–Trinajstić information content (AvgIpc) is 2.44. The molecule has 21 heavy (non-hydrogen) atoms. The molecule has 1 amide bonds. The van der Waals surface area contributed by atoms with Crippen LogP contribution in [-0.2, 0) is 14.3 Å². The van der Waals surface area contributed by atoms with Gasteiger partial charge in [-0.15, -0.1) is 0 Å². The van der Waals surface area contributed by atoms with Crippen LogP contribution in [0.5, 0.6) is 5.75 Å². The molecule has 0 bridgehead atoms. The fourth-order valence-corrected chi connectivity index (χ4v) is 1.72. The highest BCUT2D eigenvalue weighted by Crippen LogP contribution is 2.27. The van der Waals surface area contributed by atoms with Crippen LogP contribution in [0.4, 0.5) is 4.79 Å². The Morgan fingerprint density at radius 1 is 1.33 bits per heavy atom. The van der Waals surface area contributed by atoms with Gasteiger partial charge in [0.05, 0.1) is 5.02 Å². The van der Waals surface area contributed by atoms with E-state index in [4.69, 9.17) is 37.4 Å². The summed E-state index contributed by atoms with van der Waals surface area (Å²) in [4.78, 5) is 22.4. The van der Waals surface area contributed by atoms with Crippen LogP contribution >= 0.6 is 23.2 Å². The fourth-order valence-electron chi connectivity index (χ4n) is 1.26. The zero-order valence-electron chi connectivity index (χ0n) is 11.5. The Labute approximate surface area is 132 Å². The second kappa shape index (κ2) is 8.59. The predicted molar refractivity (Wildman–Crippen MR) is 77.9 cm³/mol. The number of carbonyl (C=O) groups is 2. The highest BCUT2D eigenvalue weighted by Gasteiger charge is 2.12. The monoisotopic (exact) mass is 335 g/mol. The molecule has 0 heterocycles. The lowest BCUT2D eigenvalue weighted by Crippen LogP contribution is -2.28. The zero-order chi connectivity index (χ0) is 15.8. The van der Waals surface area contributed by atoms with Crippen LogP contribution < -0.4 is 10.1 Å². The number of hydrogen-bond donors (Lipinski definition) is 1. The predicted octanol–water partition coefficient (Wildman–Crippen LogP) is 2.66. The smallest absolute Gasteiger partial charge is 0.407 e. The van der Waals surface area contributed by atoms with Gasteiger partial charge in [0.2, 0.25) is 0 Å². The lowest BCUT2D eigenvalue weighted by atomic mass is 10.3. The number of ether oxygens (including phenoxy) is 3. The number of carbonyl (C=O) groups excluding carboxylic acids is 2. The second-order valence-electron chi connectivity index (χ2n) is 4.01. The van der Waals surface area contributed by atoms with E-state index in [1.807, 2.05) is 0 Å². The maximum Gasteiger partial charge on any atom is 0.407 e. The summed E-state index contributed by atoms with van der Waals surface area (Å²) in [5, 5.41) is 3.05. The SMILES string of the molecule is CNC(=O)OC(C)COC(=O)COc1ccc(Cl)cc1Cl. The summed E-state index contributed by atoms with van der Waals surface area (Å²) in [6.07, 6.45) is -1.16. The van der Waals surface area contributed by atoms with E-state index in [1.54, 1.807) is 19.1 Å². The van der Waals surface area contributed by atoms with Gasteiger partial charge in [0.1, 0.15) is 18.5 Å². The molecule has 6 nitrogen and oxygen atoms in total. The van der Waals surface area contributed by atoms with E-state index in [9.17, 15) is 9.59 Å². The minimum Gasteiger partial charge on any atom is -0.480 e. The van der Waals surface area contributed by atoms with Crippen molar-refractivity contribution in [3.63, 3.8) is 0 Å². The van der Waals surface area contributed by atoms with Crippen LogP contribution in [0.25, 0.3) is 0 Å². The lowest BCUT2D eigenvalue weighted by molar-refractivity contribution is -0.148. The van der Waals surface area contributed by atoms with Crippen LogP contribution in [-0.4, -0.2) is 38.4 Å². The van der Waals surface area contributed by atoms with Crippen molar-refractivity contribution < 1.29 is 23.8 Å². The van der Waals surface area contributed by atoms with E-state index in [0.29, 0.717) is 15.8 Å². The van der Waals surface area contributed by atoms with Gasteiger partial charge in [-0.2, -0.15) is 0 Å². The maximum absolute atomic E-state index is 11.5. The number of rotatable bonds is 6. The van der Waals surface area contributed by atoms with Gasteiger partial charge >= 0.3 is 12.1 Å². The molecule has 1 rings (SSSR count). The molecule has 1 atom stereocenters. The maximum atomic E-state index is 11.5. The molecule has 1 aromatic carbocycles. The normalized spacial score (nSPS) is 11.4. The van der Waals surface area contributed by atoms with Gasteiger partial charge in [0.15, 0.2) is 6.61 Å². The summed E-state index contributed by atoms with van der Waals surface area (Å²) < 4.78 is 14.9.